The fourth-order valence-corrected chi connectivity index (χ4v) is 2.35. The molecule has 21 heavy (non-hydrogen) atoms. The summed E-state index contributed by atoms with van der Waals surface area (Å²) in [6, 6.07) is 3.34. The molecule has 0 saturated heterocycles. The zero-order chi connectivity index (χ0) is 15.4. The van der Waals surface area contributed by atoms with Crippen LogP contribution in [-0.4, -0.2) is 34.2 Å². The van der Waals surface area contributed by atoms with Gasteiger partial charge in [0.1, 0.15) is 6.04 Å². The lowest BCUT2D eigenvalue weighted by Gasteiger charge is -2.13. The Labute approximate surface area is 121 Å². The predicted octanol–water partition coefficient (Wildman–Crippen LogP) is 1.22. The highest BCUT2D eigenvalue weighted by atomic mass is 16.4. The van der Waals surface area contributed by atoms with E-state index in [1.165, 1.54) is 11.1 Å². The average molecular weight is 292 g/mol. The van der Waals surface area contributed by atoms with Crippen molar-refractivity contribution >= 4 is 23.7 Å². The number of anilines is 1. The second kappa shape index (κ2) is 6.25. The van der Waals surface area contributed by atoms with E-state index in [9.17, 15) is 14.4 Å². The molecule has 1 aromatic carbocycles. The van der Waals surface area contributed by atoms with Crippen molar-refractivity contribution in [3.8, 4) is 0 Å². The number of hydrogen-bond acceptors (Lipinski definition) is 3. The number of carboxylic acid groups (broad SMARTS) is 2. The van der Waals surface area contributed by atoms with Crippen molar-refractivity contribution in [2.75, 3.05) is 5.32 Å². The van der Waals surface area contributed by atoms with Crippen LogP contribution in [0.15, 0.2) is 18.2 Å². The quantitative estimate of drug-likeness (QED) is 0.651. The molecule has 0 spiro atoms. The molecule has 112 valence electrons. The summed E-state index contributed by atoms with van der Waals surface area (Å²) in [6.07, 6.45) is 2.41. The smallest absolute Gasteiger partial charge is 0.326 e. The molecule has 7 heteroatoms. The highest BCUT2D eigenvalue weighted by molar-refractivity contribution is 5.93. The van der Waals surface area contributed by atoms with Gasteiger partial charge >= 0.3 is 18.0 Å². The lowest BCUT2D eigenvalue weighted by molar-refractivity contribution is -0.145. The molecule has 2 amide bonds. The Morgan fingerprint density at radius 1 is 1.14 bits per heavy atom. The number of hydrogen-bond donors (Lipinski definition) is 4. The molecule has 0 aliphatic heterocycles. The number of carbonyl (C=O) groups excluding carboxylic acids is 1. The molecule has 0 fully saturated rings. The number of aliphatic carboxylic acids is 2. The monoisotopic (exact) mass is 292 g/mol. The van der Waals surface area contributed by atoms with Crippen LogP contribution in [0.4, 0.5) is 10.5 Å². The van der Waals surface area contributed by atoms with E-state index in [0.29, 0.717) is 5.69 Å². The van der Waals surface area contributed by atoms with Crippen molar-refractivity contribution in [2.45, 2.75) is 31.7 Å². The van der Waals surface area contributed by atoms with Crippen molar-refractivity contribution in [1.29, 1.82) is 0 Å². The number of fused-ring (bicyclic) bond motifs is 1. The number of amides is 2. The summed E-state index contributed by atoms with van der Waals surface area (Å²) in [6.45, 7) is 0. The van der Waals surface area contributed by atoms with Gasteiger partial charge in [-0.05, 0) is 42.5 Å². The van der Waals surface area contributed by atoms with Crippen LogP contribution in [0, 0.1) is 0 Å². The molecule has 1 aliphatic carbocycles. The van der Waals surface area contributed by atoms with Gasteiger partial charge in [0.05, 0.1) is 6.42 Å². The Bertz CT molecular complexity index is 585. The van der Waals surface area contributed by atoms with Gasteiger partial charge in [-0.2, -0.15) is 0 Å². The summed E-state index contributed by atoms with van der Waals surface area (Å²) >= 11 is 0. The standard InChI is InChI=1S/C14H16N2O5/c17-12(18)7-11(13(19)20)16-14(21)15-10-5-4-8-2-1-3-9(8)6-10/h4-6,11H,1-3,7H2,(H,17,18)(H,19,20)(H2,15,16,21)/t11-/m1/s1. The van der Waals surface area contributed by atoms with Gasteiger partial charge in [0, 0.05) is 5.69 Å². The van der Waals surface area contributed by atoms with E-state index >= 15 is 0 Å². The molecule has 1 aromatic rings. The fourth-order valence-electron chi connectivity index (χ4n) is 2.35. The second-order valence-electron chi connectivity index (χ2n) is 4.92. The van der Waals surface area contributed by atoms with Crippen molar-refractivity contribution < 1.29 is 24.6 Å². The minimum atomic E-state index is -1.46. The van der Waals surface area contributed by atoms with Crippen LogP contribution in [-0.2, 0) is 22.4 Å². The third kappa shape index (κ3) is 3.95. The molecule has 2 rings (SSSR count). The van der Waals surface area contributed by atoms with Gasteiger partial charge in [0.2, 0.25) is 0 Å². The van der Waals surface area contributed by atoms with Crippen LogP contribution in [0.5, 0.6) is 0 Å². The molecule has 7 nitrogen and oxygen atoms in total. The minimum Gasteiger partial charge on any atom is -0.481 e. The van der Waals surface area contributed by atoms with Crippen LogP contribution in [0.2, 0.25) is 0 Å². The Balaban J connectivity index is 1.97. The second-order valence-corrected chi connectivity index (χ2v) is 4.92. The van der Waals surface area contributed by atoms with Crippen LogP contribution in [0.1, 0.15) is 24.0 Å². The first-order valence-corrected chi connectivity index (χ1v) is 6.59. The van der Waals surface area contributed by atoms with Crippen molar-refractivity contribution in [3.05, 3.63) is 29.3 Å². The predicted molar refractivity (Wildman–Crippen MR) is 74.3 cm³/mol. The van der Waals surface area contributed by atoms with Crippen LogP contribution >= 0.6 is 0 Å². The topological polar surface area (TPSA) is 116 Å². The molecule has 0 saturated carbocycles. The Hall–Kier alpha value is -2.57. The van der Waals surface area contributed by atoms with Crippen LogP contribution < -0.4 is 10.6 Å². The van der Waals surface area contributed by atoms with Gasteiger partial charge in [-0.3, -0.25) is 4.79 Å². The summed E-state index contributed by atoms with van der Waals surface area (Å²) in [5, 5.41) is 22.1. The van der Waals surface area contributed by atoms with E-state index in [-0.39, 0.29) is 0 Å². The first kappa shape index (κ1) is 14.8. The Kier molecular flexibility index (Phi) is 4.42. The van der Waals surface area contributed by atoms with Gasteiger partial charge in [-0.1, -0.05) is 6.07 Å². The summed E-state index contributed by atoms with van der Waals surface area (Å²) < 4.78 is 0. The van der Waals surface area contributed by atoms with E-state index in [0.717, 1.165) is 19.3 Å². The SMILES string of the molecule is O=C(O)C[C@@H](NC(=O)Nc1ccc2c(c1)CCC2)C(=O)O. The van der Waals surface area contributed by atoms with Crippen molar-refractivity contribution in [2.24, 2.45) is 0 Å². The molecule has 0 bridgehead atoms. The summed E-state index contributed by atoms with van der Waals surface area (Å²) in [5.41, 5.74) is 3.00. The highest BCUT2D eigenvalue weighted by Gasteiger charge is 2.23. The maximum Gasteiger partial charge on any atom is 0.326 e. The molecule has 0 heterocycles. The third-order valence-electron chi connectivity index (χ3n) is 3.34. The number of carboxylic acids is 2. The Morgan fingerprint density at radius 2 is 1.86 bits per heavy atom. The number of urea groups is 1. The number of rotatable bonds is 5. The van der Waals surface area contributed by atoms with Crippen LogP contribution in [0.3, 0.4) is 0 Å². The zero-order valence-corrected chi connectivity index (χ0v) is 11.3. The largest absolute Gasteiger partial charge is 0.481 e. The van der Waals surface area contributed by atoms with Gasteiger partial charge in [0.15, 0.2) is 0 Å². The van der Waals surface area contributed by atoms with Crippen molar-refractivity contribution in [1.82, 2.24) is 5.32 Å². The van der Waals surface area contributed by atoms with E-state index in [2.05, 4.69) is 10.6 Å². The fraction of sp³-hybridized carbons (Fsp3) is 0.357. The molecule has 0 aromatic heterocycles. The van der Waals surface area contributed by atoms with E-state index in [1.54, 1.807) is 6.07 Å². The maximum atomic E-state index is 11.7. The molecule has 4 N–H and O–H groups in total. The van der Waals surface area contributed by atoms with Gasteiger partial charge in [-0.25, -0.2) is 9.59 Å². The first-order valence-electron chi connectivity index (χ1n) is 6.59. The number of benzene rings is 1. The van der Waals surface area contributed by atoms with Gasteiger partial charge in [0.25, 0.3) is 0 Å². The summed E-state index contributed by atoms with van der Waals surface area (Å²) in [4.78, 5) is 33.1. The van der Waals surface area contributed by atoms with Crippen LogP contribution in [0.25, 0.3) is 0 Å². The summed E-state index contributed by atoms with van der Waals surface area (Å²) in [7, 11) is 0. The molecule has 1 aliphatic rings. The van der Waals surface area contributed by atoms with Gasteiger partial charge < -0.3 is 20.8 Å². The van der Waals surface area contributed by atoms with Crippen molar-refractivity contribution in [3.63, 3.8) is 0 Å². The lowest BCUT2D eigenvalue weighted by Crippen LogP contribution is -2.44. The number of aryl methyl sites for hydroxylation is 2. The normalized spacial score (nSPS) is 14.1. The molecular formula is C14H16N2O5. The third-order valence-corrected chi connectivity index (χ3v) is 3.34. The number of carbonyl (C=O) groups is 3. The molecule has 0 radical (unpaired) electrons. The molecule has 1 atom stereocenters. The highest BCUT2D eigenvalue weighted by Crippen LogP contribution is 2.24. The lowest BCUT2D eigenvalue weighted by atomic mass is 10.1. The Morgan fingerprint density at radius 3 is 2.52 bits per heavy atom. The van der Waals surface area contributed by atoms with E-state index < -0.39 is 30.4 Å². The first-order chi connectivity index (χ1) is 9.95. The average Bonchev–Trinajstić information content (AvgIpc) is 2.84. The number of nitrogens with one attached hydrogen (secondary N) is 2. The maximum absolute atomic E-state index is 11.7. The summed E-state index contributed by atoms with van der Waals surface area (Å²) in [5.74, 6) is -2.68. The molecular weight excluding hydrogens is 276 g/mol. The van der Waals surface area contributed by atoms with Gasteiger partial charge in [-0.15, -0.1) is 0 Å². The van der Waals surface area contributed by atoms with E-state index in [1.807, 2.05) is 12.1 Å². The zero-order valence-electron chi connectivity index (χ0n) is 11.3. The van der Waals surface area contributed by atoms with E-state index in [4.69, 9.17) is 10.2 Å². The molecule has 0 unspecified atom stereocenters. The minimum absolute atomic E-state index is 0.563.